The molecule has 3 heterocycles. The van der Waals surface area contributed by atoms with Crippen LogP contribution < -0.4 is 10.2 Å². The Labute approximate surface area is 181 Å². The molecule has 1 amide bonds. The zero-order valence-electron chi connectivity index (χ0n) is 17.8. The van der Waals surface area contributed by atoms with Gasteiger partial charge in [-0.05, 0) is 44.5 Å². The van der Waals surface area contributed by atoms with Crippen LogP contribution in [0, 0.1) is 19.7 Å². The predicted molar refractivity (Wildman–Crippen MR) is 118 cm³/mol. The molecule has 31 heavy (non-hydrogen) atoms. The summed E-state index contributed by atoms with van der Waals surface area (Å²) in [5, 5.41) is 7.45. The number of hydrogen-bond acceptors (Lipinski definition) is 6. The predicted octanol–water partition coefficient (Wildman–Crippen LogP) is 1.76. The highest BCUT2D eigenvalue weighted by atomic mass is 32.2. The van der Waals surface area contributed by atoms with Crippen LogP contribution in [0.15, 0.2) is 24.3 Å². The quantitative estimate of drug-likeness (QED) is 0.749. The molecule has 0 aliphatic carbocycles. The van der Waals surface area contributed by atoms with Gasteiger partial charge in [-0.25, -0.2) is 12.8 Å². The molecule has 2 aliphatic heterocycles. The number of sulfone groups is 1. The van der Waals surface area contributed by atoms with Crippen molar-refractivity contribution in [2.45, 2.75) is 26.3 Å². The Kier molecular flexibility index (Phi) is 6.02. The number of nitrogens with zero attached hydrogens (tertiary/aromatic N) is 4. The standard InChI is InChI=1S/C21H28FN5O3S/c1-15-21(16(2)27(24-15)19-7-12-31(29,30)14-19)26-10-8-25(9-11-26)13-20(28)23-18-5-3-17(22)4-6-18/h3-6,19H,7-14H2,1-2H3,(H,23,28). The summed E-state index contributed by atoms with van der Waals surface area (Å²) in [5.74, 6) is -0.0738. The normalized spacial score (nSPS) is 21.4. The number of benzene rings is 1. The van der Waals surface area contributed by atoms with Crippen LogP contribution in [0.5, 0.6) is 0 Å². The summed E-state index contributed by atoms with van der Waals surface area (Å²) >= 11 is 0. The average molecular weight is 450 g/mol. The molecule has 1 aromatic heterocycles. The molecule has 1 atom stereocenters. The molecule has 8 nitrogen and oxygen atoms in total. The summed E-state index contributed by atoms with van der Waals surface area (Å²) in [5.41, 5.74) is 3.56. The summed E-state index contributed by atoms with van der Waals surface area (Å²) in [6.07, 6.45) is 0.612. The molecule has 1 aromatic carbocycles. The van der Waals surface area contributed by atoms with Gasteiger partial charge in [-0.15, -0.1) is 0 Å². The van der Waals surface area contributed by atoms with Gasteiger partial charge < -0.3 is 10.2 Å². The molecular formula is C21H28FN5O3S. The van der Waals surface area contributed by atoms with E-state index in [2.05, 4.69) is 20.2 Å². The Morgan fingerprint density at radius 3 is 2.45 bits per heavy atom. The van der Waals surface area contributed by atoms with Crippen LogP contribution in [0.25, 0.3) is 0 Å². The van der Waals surface area contributed by atoms with Crippen molar-refractivity contribution in [1.82, 2.24) is 14.7 Å². The van der Waals surface area contributed by atoms with E-state index in [9.17, 15) is 17.6 Å². The molecule has 2 aliphatic rings. The number of piperazine rings is 1. The van der Waals surface area contributed by atoms with Crippen molar-refractivity contribution < 1.29 is 17.6 Å². The number of hydrogen-bond donors (Lipinski definition) is 1. The lowest BCUT2D eigenvalue weighted by atomic mass is 10.2. The van der Waals surface area contributed by atoms with Crippen LogP contribution in [0.1, 0.15) is 23.9 Å². The van der Waals surface area contributed by atoms with Gasteiger partial charge in [0.2, 0.25) is 5.91 Å². The highest BCUT2D eigenvalue weighted by Gasteiger charge is 2.32. The van der Waals surface area contributed by atoms with Gasteiger partial charge in [0.05, 0.1) is 41.2 Å². The summed E-state index contributed by atoms with van der Waals surface area (Å²) in [6, 6.07) is 5.64. The third kappa shape index (κ3) is 4.90. The molecule has 0 bridgehead atoms. The van der Waals surface area contributed by atoms with Crippen LogP contribution in [0.4, 0.5) is 15.8 Å². The fourth-order valence-corrected chi connectivity index (χ4v) is 6.19. The van der Waals surface area contributed by atoms with E-state index in [1.54, 1.807) is 12.1 Å². The van der Waals surface area contributed by atoms with Gasteiger partial charge in [0.1, 0.15) is 5.82 Å². The van der Waals surface area contributed by atoms with Crippen molar-refractivity contribution in [2.24, 2.45) is 0 Å². The maximum Gasteiger partial charge on any atom is 0.238 e. The maximum absolute atomic E-state index is 13.0. The van der Waals surface area contributed by atoms with Gasteiger partial charge in [0.15, 0.2) is 9.84 Å². The number of amides is 1. The molecule has 2 aromatic rings. The first-order valence-electron chi connectivity index (χ1n) is 10.5. The lowest BCUT2D eigenvalue weighted by Gasteiger charge is -2.36. The minimum atomic E-state index is -2.97. The number of carbonyl (C=O) groups is 1. The van der Waals surface area contributed by atoms with Gasteiger partial charge in [0, 0.05) is 31.9 Å². The van der Waals surface area contributed by atoms with Gasteiger partial charge in [0.25, 0.3) is 0 Å². The first-order chi connectivity index (χ1) is 14.7. The zero-order chi connectivity index (χ0) is 22.2. The van der Waals surface area contributed by atoms with Crippen LogP contribution in [-0.4, -0.2) is 73.2 Å². The number of halogens is 1. The fourth-order valence-electron chi connectivity index (χ4n) is 4.50. The van der Waals surface area contributed by atoms with E-state index in [1.165, 1.54) is 12.1 Å². The Hall–Kier alpha value is -2.46. The molecule has 0 spiro atoms. The summed E-state index contributed by atoms with van der Waals surface area (Å²) in [6.45, 7) is 7.24. The SMILES string of the molecule is Cc1nn(C2CCS(=O)(=O)C2)c(C)c1N1CCN(CC(=O)Nc2ccc(F)cc2)CC1. The fraction of sp³-hybridized carbons (Fsp3) is 0.524. The number of rotatable bonds is 5. The second-order valence-electron chi connectivity index (χ2n) is 8.34. The number of aromatic nitrogens is 2. The van der Waals surface area contributed by atoms with Crippen molar-refractivity contribution in [3.05, 3.63) is 41.5 Å². The summed E-state index contributed by atoms with van der Waals surface area (Å²) < 4.78 is 38.6. The molecule has 1 unspecified atom stereocenters. The van der Waals surface area contributed by atoms with Gasteiger partial charge in [-0.3, -0.25) is 14.4 Å². The van der Waals surface area contributed by atoms with E-state index in [-0.39, 0.29) is 35.8 Å². The van der Waals surface area contributed by atoms with Gasteiger partial charge >= 0.3 is 0 Å². The Morgan fingerprint density at radius 2 is 1.84 bits per heavy atom. The third-order valence-electron chi connectivity index (χ3n) is 6.02. The average Bonchev–Trinajstić information content (AvgIpc) is 3.22. The van der Waals surface area contributed by atoms with E-state index in [0.717, 1.165) is 43.3 Å². The van der Waals surface area contributed by atoms with Crippen LogP contribution in [-0.2, 0) is 14.6 Å². The first kappa shape index (κ1) is 21.8. The molecule has 0 saturated carbocycles. The second kappa shape index (κ2) is 8.58. The van der Waals surface area contributed by atoms with Crippen molar-refractivity contribution in [1.29, 1.82) is 0 Å². The molecule has 0 radical (unpaired) electrons. The number of nitrogens with one attached hydrogen (secondary N) is 1. The minimum Gasteiger partial charge on any atom is -0.366 e. The molecule has 1 N–H and O–H groups in total. The van der Waals surface area contributed by atoms with E-state index < -0.39 is 9.84 Å². The van der Waals surface area contributed by atoms with E-state index in [1.807, 2.05) is 18.5 Å². The van der Waals surface area contributed by atoms with Crippen LogP contribution in [0.2, 0.25) is 0 Å². The van der Waals surface area contributed by atoms with Crippen molar-refractivity contribution in [2.75, 3.05) is 54.4 Å². The van der Waals surface area contributed by atoms with Crippen molar-refractivity contribution in [3.63, 3.8) is 0 Å². The lowest BCUT2D eigenvalue weighted by Crippen LogP contribution is -2.49. The molecule has 168 valence electrons. The number of anilines is 2. The van der Waals surface area contributed by atoms with E-state index in [4.69, 9.17) is 0 Å². The van der Waals surface area contributed by atoms with Gasteiger partial charge in [-0.1, -0.05) is 0 Å². The number of carbonyl (C=O) groups excluding carboxylic acids is 1. The Bertz CT molecular complexity index is 1060. The zero-order valence-corrected chi connectivity index (χ0v) is 18.7. The maximum atomic E-state index is 13.0. The number of aryl methyl sites for hydroxylation is 1. The monoisotopic (exact) mass is 449 g/mol. The second-order valence-corrected chi connectivity index (χ2v) is 10.6. The minimum absolute atomic E-state index is 0.0890. The van der Waals surface area contributed by atoms with Crippen LogP contribution in [0.3, 0.4) is 0 Å². The Balaban J connectivity index is 1.34. The molecule has 2 fully saturated rings. The lowest BCUT2D eigenvalue weighted by molar-refractivity contribution is -0.117. The first-order valence-corrected chi connectivity index (χ1v) is 12.3. The largest absolute Gasteiger partial charge is 0.366 e. The smallest absolute Gasteiger partial charge is 0.238 e. The molecule has 2 saturated heterocycles. The Morgan fingerprint density at radius 1 is 1.16 bits per heavy atom. The van der Waals surface area contributed by atoms with E-state index >= 15 is 0 Å². The molecular weight excluding hydrogens is 421 g/mol. The van der Waals surface area contributed by atoms with E-state index in [0.29, 0.717) is 12.1 Å². The summed E-state index contributed by atoms with van der Waals surface area (Å²) in [7, 11) is -2.97. The highest BCUT2D eigenvalue weighted by Crippen LogP contribution is 2.31. The molecule has 4 rings (SSSR count). The van der Waals surface area contributed by atoms with Crippen molar-refractivity contribution in [3.8, 4) is 0 Å². The van der Waals surface area contributed by atoms with Crippen molar-refractivity contribution >= 4 is 27.1 Å². The topological polar surface area (TPSA) is 87.5 Å². The van der Waals surface area contributed by atoms with Crippen LogP contribution >= 0.6 is 0 Å². The molecule has 10 heteroatoms. The van der Waals surface area contributed by atoms with Gasteiger partial charge in [-0.2, -0.15) is 5.10 Å². The summed E-state index contributed by atoms with van der Waals surface area (Å²) in [4.78, 5) is 16.7. The highest BCUT2D eigenvalue weighted by molar-refractivity contribution is 7.91. The third-order valence-corrected chi connectivity index (χ3v) is 7.78.